The lowest BCUT2D eigenvalue weighted by Gasteiger charge is -2.05. The van der Waals surface area contributed by atoms with E-state index in [0.717, 1.165) is 17.2 Å². The summed E-state index contributed by atoms with van der Waals surface area (Å²) in [7, 11) is 3.92. The predicted octanol–water partition coefficient (Wildman–Crippen LogP) is 1.92. The molecule has 0 aliphatic rings. The summed E-state index contributed by atoms with van der Waals surface area (Å²) in [6.07, 6.45) is 1.73. The number of anilines is 1. The summed E-state index contributed by atoms with van der Waals surface area (Å²) >= 11 is 1.64. The first-order valence-corrected chi connectivity index (χ1v) is 5.67. The van der Waals surface area contributed by atoms with Crippen LogP contribution in [0.4, 0.5) is 5.13 Å². The molecule has 4 nitrogen and oxygen atoms in total. The fourth-order valence-corrected chi connectivity index (χ4v) is 2.26. The molecule has 0 aliphatic heterocycles. The van der Waals surface area contributed by atoms with Crippen LogP contribution in [0.5, 0.6) is 0 Å². The lowest BCUT2D eigenvalue weighted by Crippen LogP contribution is -2.07. The second kappa shape index (κ2) is 5.11. The molecule has 5 heteroatoms. The summed E-state index contributed by atoms with van der Waals surface area (Å²) < 4.78 is 0. The molecule has 0 atom stereocenters. The number of rotatable bonds is 5. The number of thiazole rings is 1. The summed E-state index contributed by atoms with van der Waals surface area (Å²) in [5.41, 5.74) is 1.02. The van der Waals surface area contributed by atoms with Crippen molar-refractivity contribution >= 4 is 22.4 Å². The molecule has 1 aromatic rings. The van der Waals surface area contributed by atoms with Crippen molar-refractivity contribution in [3.63, 3.8) is 0 Å². The Hall–Kier alpha value is -1.10. The van der Waals surface area contributed by atoms with E-state index in [1.165, 1.54) is 4.88 Å². The SMILES string of the molecule is Cc1nc(N(C)C)sc1CCCC(=O)O. The summed E-state index contributed by atoms with van der Waals surface area (Å²) in [6.45, 7) is 1.97. The Morgan fingerprint density at radius 3 is 2.67 bits per heavy atom. The smallest absolute Gasteiger partial charge is 0.303 e. The molecule has 0 fully saturated rings. The number of hydrogen-bond acceptors (Lipinski definition) is 4. The Labute approximate surface area is 93.6 Å². The minimum absolute atomic E-state index is 0.231. The maximum absolute atomic E-state index is 10.4. The van der Waals surface area contributed by atoms with Crippen molar-refractivity contribution in [3.05, 3.63) is 10.6 Å². The van der Waals surface area contributed by atoms with Crippen molar-refractivity contribution < 1.29 is 9.90 Å². The third kappa shape index (κ3) is 3.51. The standard InChI is InChI=1S/C10H16N2O2S/c1-7-8(5-4-6-9(13)14)15-10(11-7)12(2)3/h4-6H2,1-3H3,(H,13,14). The highest BCUT2D eigenvalue weighted by Gasteiger charge is 2.09. The number of aliphatic carboxylic acids is 1. The first-order chi connectivity index (χ1) is 7.00. The third-order valence-electron chi connectivity index (χ3n) is 2.06. The molecule has 0 unspecified atom stereocenters. The molecular formula is C10H16N2O2S. The van der Waals surface area contributed by atoms with Gasteiger partial charge in [-0.15, -0.1) is 11.3 Å². The van der Waals surface area contributed by atoms with Gasteiger partial charge < -0.3 is 10.0 Å². The number of carbonyl (C=O) groups is 1. The molecule has 1 rings (SSSR count). The maximum Gasteiger partial charge on any atom is 0.303 e. The molecule has 0 bridgehead atoms. The average molecular weight is 228 g/mol. The van der Waals surface area contributed by atoms with Gasteiger partial charge in [-0.05, 0) is 19.8 Å². The molecule has 84 valence electrons. The highest BCUT2D eigenvalue weighted by molar-refractivity contribution is 7.15. The van der Waals surface area contributed by atoms with Crippen LogP contribution in [0.2, 0.25) is 0 Å². The summed E-state index contributed by atoms with van der Waals surface area (Å²) in [5, 5.41) is 9.52. The van der Waals surface area contributed by atoms with Gasteiger partial charge in [-0.3, -0.25) is 4.79 Å². The van der Waals surface area contributed by atoms with Gasteiger partial charge in [0.2, 0.25) is 0 Å². The van der Waals surface area contributed by atoms with Gasteiger partial charge in [-0.1, -0.05) is 0 Å². The van der Waals surface area contributed by atoms with E-state index in [1.54, 1.807) is 11.3 Å². The Morgan fingerprint density at radius 2 is 2.20 bits per heavy atom. The van der Waals surface area contributed by atoms with Gasteiger partial charge in [-0.2, -0.15) is 0 Å². The van der Waals surface area contributed by atoms with Gasteiger partial charge in [0.15, 0.2) is 5.13 Å². The van der Waals surface area contributed by atoms with Crippen LogP contribution < -0.4 is 4.90 Å². The fraction of sp³-hybridized carbons (Fsp3) is 0.600. The zero-order valence-electron chi connectivity index (χ0n) is 9.28. The Kier molecular flexibility index (Phi) is 4.08. The quantitative estimate of drug-likeness (QED) is 0.836. The Bertz CT molecular complexity index is 347. The Morgan fingerprint density at radius 1 is 1.53 bits per heavy atom. The lowest BCUT2D eigenvalue weighted by molar-refractivity contribution is -0.137. The minimum atomic E-state index is -0.731. The van der Waals surface area contributed by atoms with Crippen LogP contribution in [0.3, 0.4) is 0 Å². The van der Waals surface area contributed by atoms with Crippen LogP contribution >= 0.6 is 11.3 Å². The van der Waals surface area contributed by atoms with Gasteiger partial charge in [-0.25, -0.2) is 4.98 Å². The van der Waals surface area contributed by atoms with Crippen LogP contribution in [0.25, 0.3) is 0 Å². The third-order valence-corrected chi connectivity index (χ3v) is 3.44. The number of carboxylic acids is 1. The second-order valence-corrected chi connectivity index (χ2v) is 4.71. The summed E-state index contributed by atoms with van der Waals surface area (Å²) in [4.78, 5) is 17.9. The molecule has 0 saturated heterocycles. The second-order valence-electron chi connectivity index (χ2n) is 3.65. The fourth-order valence-electron chi connectivity index (χ4n) is 1.24. The van der Waals surface area contributed by atoms with E-state index in [-0.39, 0.29) is 6.42 Å². The predicted molar refractivity (Wildman–Crippen MR) is 61.8 cm³/mol. The van der Waals surface area contributed by atoms with Crippen LogP contribution in [0, 0.1) is 6.92 Å². The molecular weight excluding hydrogens is 212 g/mol. The van der Waals surface area contributed by atoms with Gasteiger partial charge in [0.05, 0.1) is 5.69 Å². The zero-order valence-corrected chi connectivity index (χ0v) is 10.1. The van der Waals surface area contributed by atoms with Crippen molar-refractivity contribution in [2.45, 2.75) is 26.2 Å². The molecule has 0 aliphatic carbocycles. The monoisotopic (exact) mass is 228 g/mol. The number of hydrogen-bond donors (Lipinski definition) is 1. The van der Waals surface area contributed by atoms with E-state index in [4.69, 9.17) is 5.11 Å². The van der Waals surface area contributed by atoms with E-state index < -0.39 is 5.97 Å². The number of nitrogens with zero attached hydrogens (tertiary/aromatic N) is 2. The first-order valence-electron chi connectivity index (χ1n) is 4.86. The lowest BCUT2D eigenvalue weighted by atomic mass is 10.2. The van der Waals surface area contributed by atoms with Crippen LogP contribution in [0.1, 0.15) is 23.4 Å². The molecule has 15 heavy (non-hydrogen) atoms. The van der Waals surface area contributed by atoms with Gasteiger partial charge in [0.1, 0.15) is 0 Å². The van der Waals surface area contributed by atoms with Gasteiger partial charge >= 0.3 is 5.97 Å². The van der Waals surface area contributed by atoms with Crippen molar-refractivity contribution in [3.8, 4) is 0 Å². The topological polar surface area (TPSA) is 53.4 Å². The van der Waals surface area contributed by atoms with E-state index in [1.807, 2.05) is 25.9 Å². The van der Waals surface area contributed by atoms with Crippen molar-refractivity contribution in [2.75, 3.05) is 19.0 Å². The maximum atomic E-state index is 10.4. The number of aryl methyl sites for hydroxylation is 2. The molecule has 0 amide bonds. The van der Waals surface area contributed by atoms with Crippen molar-refractivity contribution in [2.24, 2.45) is 0 Å². The molecule has 1 heterocycles. The van der Waals surface area contributed by atoms with E-state index in [2.05, 4.69) is 4.98 Å². The number of aromatic nitrogens is 1. The molecule has 1 N–H and O–H groups in total. The van der Waals surface area contributed by atoms with Crippen LogP contribution in [-0.2, 0) is 11.2 Å². The molecule has 0 radical (unpaired) electrons. The van der Waals surface area contributed by atoms with Gasteiger partial charge in [0.25, 0.3) is 0 Å². The molecule has 0 saturated carbocycles. The van der Waals surface area contributed by atoms with Crippen LogP contribution in [0.15, 0.2) is 0 Å². The van der Waals surface area contributed by atoms with E-state index >= 15 is 0 Å². The zero-order chi connectivity index (χ0) is 11.4. The summed E-state index contributed by atoms with van der Waals surface area (Å²) in [5.74, 6) is -0.731. The first kappa shape index (κ1) is 12.0. The van der Waals surface area contributed by atoms with Crippen molar-refractivity contribution in [1.29, 1.82) is 0 Å². The molecule has 0 spiro atoms. The van der Waals surface area contributed by atoms with Gasteiger partial charge in [0, 0.05) is 25.4 Å². The minimum Gasteiger partial charge on any atom is -0.481 e. The van der Waals surface area contributed by atoms with Crippen LogP contribution in [-0.4, -0.2) is 30.2 Å². The van der Waals surface area contributed by atoms with E-state index in [9.17, 15) is 4.79 Å². The molecule has 0 aromatic carbocycles. The average Bonchev–Trinajstić information content (AvgIpc) is 2.47. The van der Waals surface area contributed by atoms with Crippen molar-refractivity contribution in [1.82, 2.24) is 4.98 Å². The Balaban J connectivity index is 2.57. The normalized spacial score (nSPS) is 10.3. The highest BCUT2D eigenvalue weighted by Crippen LogP contribution is 2.25. The van der Waals surface area contributed by atoms with E-state index in [0.29, 0.717) is 6.42 Å². The largest absolute Gasteiger partial charge is 0.481 e. The highest BCUT2D eigenvalue weighted by atomic mass is 32.1. The number of carboxylic acid groups (broad SMARTS) is 1. The summed E-state index contributed by atoms with van der Waals surface area (Å²) in [6, 6.07) is 0. The molecule has 1 aromatic heterocycles.